The van der Waals surface area contributed by atoms with Crippen LogP contribution in [0.25, 0.3) is 11.6 Å². The van der Waals surface area contributed by atoms with Gasteiger partial charge in [0, 0.05) is 10.6 Å². The lowest BCUT2D eigenvalue weighted by Gasteiger charge is -2.27. The lowest BCUT2D eigenvalue weighted by atomic mass is 9.87. The second-order valence-corrected chi connectivity index (χ2v) is 7.47. The molecule has 140 valence electrons. The van der Waals surface area contributed by atoms with Gasteiger partial charge in [-0.2, -0.15) is 0 Å². The van der Waals surface area contributed by atoms with E-state index in [-0.39, 0.29) is 11.9 Å². The molecule has 0 spiro atoms. The summed E-state index contributed by atoms with van der Waals surface area (Å²) in [5.41, 5.74) is 4.89. The van der Waals surface area contributed by atoms with E-state index in [0.29, 0.717) is 10.6 Å². The molecular formula is C25H22ClNO. The molecule has 1 N–H and O–H groups in total. The third kappa shape index (κ3) is 4.02. The van der Waals surface area contributed by atoms with E-state index in [1.165, 1.54) is 11.1 Å². The molecular weight excluding hydrogens is 366 g/mol. The highest BCUT2D eigenvalue weighted by molar-refractivity contribution is 6.33. The van der Waals surface area contributed by atoms with Crippen molar-refractivity contribution in [1.82, 2.24) is 5.32 Å². The molecule has 0 fully saturated rings. The van der Waals surface area contributed by atoms with Crippen LogP contribution in [0.2, 0.25) is 5.02 Å². The van der Waals surface area contributed by atoms with Gasteiger partial charge in [0.25, 0.3) is 5.91 Å². The largest absolute Gasteiger partial charge is 0.345 e. The predicted octanol–water partition coefficient (Wildman–Crippen LogP) is 6.07. The van der Waals surface area contributed by atoms with Crippen LogP contribution in [0.1, 0.15) is 41.1 Å². The molecule has 0 saturated heterocycles. The molecule has 1 atom stereocenters. The van der Waals surface area contributed by atoms with Gasteiger partial charge in [0.05, 0.1) is 6.04 Å². The fourth-order valence-corrected chi connectivity index (χ4v) is 3.98. The summed E-state index contributed by atoms with van der Waals surface area (Å²) in [6, 6.07) is 25.8. The molecule has 4 rings (SSSR count). The maximum Gasteiger partial charge on any atom is 0.252 e. The number of aryl methyl sites for hydroxylation is 1. The van der Waals surface area contributed by atoms with E-state index >= 15 is 0 Å². The first-order valence-corrected chi connectivity index (χ1v) is 10.0. The first kappa shape index (κ1) is 18.5. The van der Waals surface area contributed by atoms with E-state index in [1.807, 2.05) is 66.7 Å². The van der Waals surface area contributed by atoms with Crippen LogP contribution in [0.5, 0.6) is 0 Å². The Bertz CT molecular complexity index is 1010. The fraction of sp³-hybridized carbons (Fsp3) is 0.160. The van der Waals surface area contributed by atoms with Crippen molar-refractivity contribution >= 4 is 29.2 Å². The molecule has 0 aromatic heterocycles. The molecule has 1 amide bonds. The number of nitrogens with one attached hydrogen (secondary N) is 1. The Balaban J connectivity index is 1.68. The third-order valence-corrected chi connectivity index (χ3v) is 5.55. The Kier molecular flexibility index (Phi) is 5.59. The van der Waals surface area contributed by atoms with Crippen molar-refractivity contribution in [1.29, 1.82) is 0 Å². The molecule has 0 radical (unpaired) electrons. The van der Waals surface area contributed by atoms with Crippen LogP contribution in [-0.2, 0) is 11.2 Å². The SMILES string of the molecule is O=C(N[C@@H]1CCCc2ccccc21)/C(=C/c1ccccc1Cl)c1ccccc1. The number of hydrogen-bond donors (Lipinski definition) is 1. The Labute approximate surface area is 170 Å². The number of benzene rings is 3. The summed E-state index contributed by atoms with van der Waals surface area (Å²) in [7, 11) is 0. The van der Waals surface area contributed by atoms with Gasteiger partial charge >= 0.3 is 0 Å². The molecule has 2 nitrogen and oxygen atoms in total. The van der Waals surface area contributed by atoms with Crippen LogP contribution in [0.3, 0.4) is 0 Å². The lowest BCUT2D eigenvalue weighted by molar-refractivity contribution is -0.116. The molecule has 0 bridgehead atoms. The number of fused-ring (bicyclic) bond motifs is 1. The monoisotopic (exact) mass is 387 g/mol. The van der Waals surface area contributed by atoms with Crippen LogP contribution < -0.4 is 5.32 Å². The lowest BCUT2D eigenvalue weighted by Crippen LogP contribution is -2.31. The van der Waals surface area contributed by atoms with Crippen LogP contribution >= 0.6 is 11.6 Å². The predicted molar refractivity (Wildman–Crippen MR) is 116 cm³/mol. The van der Waals surface area contributed by atoms with Crippen LogP contribution in [0.4, 0.5) is 0 Å². The zero-order chi connectivity index (χ0) is 19.3. The van der Waals surface area contributed by atoms with Crippen molar-refractivity contribution in [3.8, 4) is 0 Å². The van der Waals surface area contributed by atoms with Gasteiger partial charge in [-0.1, -0.05) is 84.4 Å². The van der Waals surface area contributed by atoms with Gasteiger partial charge in [0.15, 0.2) is 0 Å². The molecule has 0 unspecified atom stereocenters. The van der Waals surface area contributed by atoms with Crippen molar-refractivity contribution in [2.24, 2.45) is 0 Å². The van der Waals surface area contributed by atoms with E-state index in [4.69, 9.17) is 11.6 Å². The Morgan fingerprint density at radius 3 is 2.46 bits per heavy atom. The number of hydrogen-bond acceptors (Lipinski definition) is 1. The van der Waals surface area contributed by atoms with Crippen molar-refractivity contribution in [2.45, 2.75) is 25.3 Å². The highest BCUT2D eigenvalue weighted by Crippen LogP contribution is 2.31. The van der Waals surface area contributed by atoms with Gasteiger partial charge in [0.1, 0.15) is 0 Å². The van der Waals surface area contributed by atoms with E-state index in [1.54, 1.807) is 0 Å². The van der Waals surface area contributed by atoms with Gasteiger partial charge < -0.3 is 5.32 Å². The molecule has 3 aromatic carbocycles. The normalized spacial score (nSPS) is 16.3. The van der Waals surface area contributed by atoms with Crippen molar-refractivity contribution in [2.75, 3.05) is 0 Å². The second-order valence-electron chi connectivity index (χ2n) is 7.06. The average Bonchev–Trinajstić information content (AvgIpc) is 2.74. The highest BCUT2D eigenvalue weighted by atomic mass is 35.5. The van der Waals surface area contributed by atoms with E-state index < -0.39 is 0 Å². The van der Waals surface area contributed by atoms with Crippen LogP contribution in [-0.4, -0.2) is 5.91 Å². The second kappa shape index (κ2) is 8.45. The smallest absolute Gasteiger partial charge is 0.252 e. The van der Waals surface area contributed by atoms with Gasteiger partial charge in [-0.25, -0.2) is 0 Å². The summed E-state index contributed by atoms with van der Waals surface area (Å²) in [5, 5.41) is 3.89. The van der Waals surface area contributed by atoms with Gasteiger partial charge in [0.2, 0.25) is 0 Å². The average molecular weight is 388 g/mol. The molecule has 3 aromatic rings. The minimum Gasteiger partial charge on any atom is -0.345 e. The number of rotatable bonds is 4. The van der Waals surface area contributed by atoms with E-state index in [2.05, 4.69) is 23.5 Å². The molecule has 0 saturated carbocycles. The van der Waals surface area contributed by atoms with Gasteiger partial charge in [-0.15, -0.1) is 0 Å². The topological polar surface area (TPSA) is 29.1 Å². The first-order valence-electron chi connectivity index (χ1n) is 9.62. The molecule has 28 heavy (non-hydrogen) atoms. The summed E-state index contributed by atoms with van der Waals surface area (Å²) >= 11 is 6.34. The number of carbonyl (C=O) groups excluding carboxylic acids is 1. The van der Waals surface area contributed by atoms with Crippen molar-refractivity contribution in [3.63, 3.8) is 0 Å². The van der Waals surface area contributed by atoms with Crippen molar-refractivity contribution < 1.29 is 4.79 Å². The quantitative estimate of drug-likeness (QED) is 0.427. The molecule has 0 heterocycles. The molecule has 3 heteroatoms. The van der Waals surface area contributed by atoms with Gasteiger partial charge in [-0.05, 0) is 53.7 Å². The Hall–Kier alpha value is -2.84. The number of halogens is 1. The standard InChI is InChI=1S/C25H22ClNO/c26-23-15-7-5-12-20(23)17-22(19-9-2-1-3-10-19)25(28)27-24-16-8-13-18-11-4-6-14-21(18)24/h1-7,9-12,14-15,17,24H,8,13,16H2,(H,27,28)/b22-17+/t24-/m1/s1. The number of carbonyl (C=O) groups is 1. The molecule has 1 aliphatic rings. The number of amides is 1. The Morgan fingerprint density at radius 2 is 1.64 bits per heavy atom. The molecule has 1 aliphatic carbocycles. The summed E-state index contributed by atoms with van der Waals surface area (Å²) in [5.74, 6) is -0.0761. The first-order chi connectivity index (χ1) is 13.7. The third-order valence-electron chi connectivity index (χ3n) is 5.21. The zero-order valence-electron chi connectivity index (χ0n) is 15.6. The van der Waals surface area contributed by atoms with Gasteiger partial charge in [-0.3, -0.25) is 4.79 Å². The summed E-state index contributed by atoms with van der Waals surface area (Å²) < 4.78 is 0. The zero-order valence-corrected chi connectivity index (χ0v) is 16.3. The fourth-order valence-electron chi connectivity index (χ4n) is 3.79. The summed E-state index contributed by atoms with van der Waals surface area (Å²) in [6.45, 7) is 0. The maximum absolute atomic E-state index is 13.3. The molecule has 0 aliphatic heterocycles. The summed E-state index contributed by atoms with van der Waals surface area (Å²) in [6.07, 6.45) is 4.99. The Morgan fingerprint density at radius 1 is 0.929 bits per heavy atom. The highest BCUT2D eigenvalue weighted by Gasteiger charge is 2.23. The minimum absolute atomic E-state index is 0.0378. The maximum atomic E-state index is 13.3. The van der Waals surface area contributed by atoms with Crippen LogP contribution in [0.15, 0.2) is 78.9 Å². The summed E-state index contributed by atoms with van der Waals surface area (Å²) in [4.78, 5) is 13.3. The van der Waals surface area contributed by atoms with Crippen molar-refractivity contribution in [3.05, 3.63) is 106 Å². The van der Waals surface area contributed by atoms with E-state index in [0.717, 1.165) is 30.4 Å². The van der Waals surface area contributed by atoms with Crippen LogP contribution in [0, 0.1) is 0 Å². The van der Waals surface area contributed by atoms with E-state index in [9.17, 15) is 4.79 Å². The minimum atomic E-state index is -0.0761.